The fraction of sp³-hybridized carbons (Fsp3) is 0.0952. The van der Waals surface area contributed by atoms with Gasteiger partial charge >= 0.3 is 6.18 Å². The number of methoxy groups -OCH3 is 1. The van der Waals surface area contributed by atoms with Crippen LogP contribution in [0.5, 0.6) is 5.75 Å². The van der Waals surface area contributed by atoms with Crippen molar-refractivity contribution in [2.24, 2.45) is 10.7 Å². The highest BCUT2D eigenvalue weighted by atomic mass is 19.4. The molecule has 11 heteroatoms. The highest BCUT2D eigenvalue weighted by Gasteiger charge is 2.34. The zero-order valence-electron chi connectivity index (χ0n) is 16.7. The van der Waals surface area contributed by atoms with Gasteiger partial charge in [-0.2, -0.15) is 13.2 Å². The summed E-state index contributed by atoms with van der Waals surface area (Å²) in [6, 6.07) is 11.9. The van der Waals surface area contributed by atoms with Crippen molar-refractivity contribution in [3.63, 3.8) is 0 Å². The molecule has 0 aliphatic rings. The summed E-state index contributed by atoms with van der Waals surface area (Å²) in [6.45, 7) is 0. The molecule has 0 saturated heterocycles. The van der Waals surface area contributed by atoms with Gasteiger partial charge in [0.05, 0.1) is 7.11 Å². The van der Waals surface area contributed by atoms with Crippen molar-refractivity contribution in [2.45, 2.75) is 6.18 Å². The van der Waals surface area contributed by atoms with Crippen LogP contribution in [0, 0.1) is 0 Å². The van der Waals surface area contributed by atoms with E-state index >= 15 is 0 Å². The minimum Gasteiger partial charge on any atom is -0.497 e. The molecule has 3 N–H and O–H groups in total. The summed E-state index contributed by atoms with van der Waals surface area (Å²) in [5.74, 6) is -0.151. The number of benzene rings is 1. The summed E-state index contributed by atoms with van der Waals surface area (Å²) in [7, 11) is 1.50. The molecule has 8 nitrogen and oxygen atoms in total. The van der Waals surface area contributed by atoms with Gasteiger partial charge in [0.1, 0.15) is 11.5 Å². The normalized spacial score (nSPS) is 12.4. The highest BCUT2D eigenvalue weighted by molar-refractivity contribution is 6.05. The highest BCUT2D eigenvalue weighted by Crippen LogP contribution is 2.23. The standard InChI is InChI=1S/C21H17F3N6O2/c1-32-15-6-4-13(5-7-15)20(31)28-19-9-8-18(29-30-19)27-17(21(22,23)24)11-16(25)14-3-2-10-26-12-14/h2-12H,25H2,1H3,(H,28,30,31). The van der Waals surface area contributed by atoms with E-state index in [0.717, 1.165) is 0 Å². The number of nitrogens with two attached hydrogens (primary N) is 1. The van der Waals surface area contributed by atoms with Crippen molar-refractivity contribution in [2.75, 3.05) is 12.4 Å². The van der Waals surface area contributed by atoms with Crippen molar-refractivity contribution in [3.8, 4) is 5.75 Å². The SMILES string of the molecule is COc1ccc(C(=O)Nc2ccc(N=C(C=C(N)c3cccnc3)C(F)(F)F)nn2)cc1. The summed E-state index contributed by atoms with van der Waals surface area (Å²) in [5.41, 5.74) is 4.98. The van der Waals surface area contributed by atoms with E-state index in [9.17, 15) is 18.0 Å². The van der Waals surface area contributed by atoms with Crippen LogP contribution in [0.3, 0.4) is 0 Å². The molecule has 3 aromatic rings. The number of ether oxygens (including phenoxy) is 1. The molecule has 0 aliphatic carbocycles. The molecule has 164 valence electrons. The molecule has 3 rings (SSSR count). The van der Waals surface area contributed by atoms with Gasteiger partial charge in [-0.1, -0.05) is 0 Å². The van der Waals surface area contributed by atoms with Crippen molar-refractivity contribution in [1.29, 1.82) is 0 Å². The number of hydrogen-bond donors (Lipinski definition) is 2. The predicted octanol–water partition coefficient (Wildman–Crippen LogP) is 3.77. The van der Waals surface area contributed by atoms with E-state index in [1.54, 1.807) is 30.3 Å². The number of hydrogen-bond acceptors (Lipinski definition) is 7. The summed E-state index contributed by atoms with van der Waals surface area (Å²) in [5, 5.41) is 9.84. The molecule has 2 aromatic heterocycles. The number of anilines is 1. The van der Waals surface area contributed by atoms with Gasteiger partial charge in [0.2, 0.25) is 0 Å². The number of pyridine rings is 1. The first-order valence-electron chi connectivity index (χ1n) is 9.09. The maximum absolute atomic E-state index is 13.4. The zero-order chi connectivity index (χ0) is 23.1. The summed E-state index contributed by atoms with van der Waals surface area (Å²) in [4.78, 5) is 19.6. The Hall–Kier alpha value is -4.28. The van der Waals surface area contributed by atoms with Crippen LogP contribution >= 0.6 is 0 Å². The molecule has 1 aromatic carbocycles. The number of allylic oxidation sites excluding steroid dienone is 1. The second kappa shape index (κ2) is 9.69. The van der Waals surface area contributed by atoms with Crippen LogP contribution in [0.2, 0.25) is 0 Å². The molecule has 0 atom stereocenters. The fourth-order valence-electron chi connectivity index (χ4n) is 2.45. The molecule has 0 unspecified atom stereocenters. The number of nitrogens with zero attached hydrogens (tertiary/aromatic N) is 4. The van der Waals surface area contributed by atoms with Crippen LogP contribution in [0.15, 0.2) is 72.0 Å². The first-order valence-corrected chi connectivity index (χ1v) is 9.09. The molecule has 1 amide bonds. The first kappa shape index (κ1) is 22.4. The lowest BCUT2D eigenvalue weighted by Crippen LogP contribution is -2.22. The van der Waals surface area contributed by atoms with Gasteiger partial charge < -0.3 is 15.8 Å². The number of rotatable bonds is 6. The predicted molar refractivity (Wildman–Crippen MR) is 113 cm³/mol. The van der Waals surface area contributed by atoms with E-state index in [4.69, 9.17) is 10.5 Å². The molecule has 2 heterocycles. The Morgan fingerprint density at radius 3 is 2.41 bits per heavy atom. The van der Waals surface area contributed by atoms with Gasteiger partial charge in [-0.25, -0.2) is 4.99 Å². The Morgan fingerprint density at radius 1 is 1.09 bits per heavy atom. The molecule has 0 aliphatic heterocycles. The van der Waals surface area contributed by atoms with Gasteiger partial charge in [-0.15, -0.1) is 10.2 Å². The van der Waals surface area contributed by atoms with Crippen LogP contribution in [-0.2, 0) is 0 Å². The summed E-state index contributed by atoms with van der Waals surface area (Å²) in [6.07, 6.45) is -1.28. The molecule has 0 spiro atoms. The lowest BCUT2D eigenvalue weighted by molar-refractivity contribution is -0.0576. The second-order valence-corrected chi connectivity index (χ2v) is 6.30. The number of aliphatic imine (C=N–C) groups is 1. The third-order valence-corrected chi connectivity index (χ3v) is 4.06. The average Bonchev–Trinajstić information content (AvgIpc) is 2.79. The number of carbonyl (C=O) groups excluding carboxylic acids is 1. The van der Waals surface area contributed by atoms with Crippen LogP contribution < -0.4 is 15.8 Å². The van der Waals surface area contributed by atoms with Gasteiger partial charge in [0.25, 0.3) is 5.91 Å². The topological polar surface area (TPSA) is 115 Å². The van der Waals surface area contributed by atoms with E-state index in [1.807, 2.05) is 0 Å². The number of carbonyl (C=O) groups is 1. The zero-order valence-corrected chi connectivity index (χ0v) is 16.7. The number of nitrogens with one attached hydrogen (secondary N) is 1. The van der Waals surface area contributed by atoms with E-state index < -0.39 is 17.8 Å². The minimum atomic E-state index is -4.78. The quantitative estimate of drug-likeness (QED) is 0.562. The molecule has 0 bridgehead atoms. The van der Waals surface area contributed by atoms with Gasteiger partial charge in [0, 0.05) is 29.2 Å². The molecular formula is C21H17F3N6O2. The Labute approximate surface area is 180 Å². The maximum Gasteiger partial charge on any atom is 0.433 e. The average molecular weight is 442 g/mol. The number of aromatic nitrogens is 3. The van der Waals surface area contributed by atoms with Gasteiger partial charge in [0.15, 0.2) is 11.6 Å². The van der Waals surface area contributed by atoms with E-state index in [2.05, 4.69) is 25.5 Å². The van der Waals surface area contributed by atoms with E-state index in [1.165, 1.54) is 37.7 Å². The van der Waals surface area contributed by atoms with Crippen molar-refractivity contribution < 1.29 is 22.7 Å². The van der Waals surface area contributed by atoms with Crippen molar-refractivity contribution in [3.05, 3.63) is 78.1 Å². The smallest absolute Gasteiger partial charge is 0.433 e. The number of halogens is 3. The minimum absolute atomic E-state index is 0.0451. The molecule has 0 fully saturated rings. The lowest BCUT2D eigenvalue weighted by Gasteiger charge is -2.09. The van der Waals surface area contributed by atoms with Crippen LogP contribution in [-0.4, -0.2) is 40.1 Å². The Balaban J connectivity index is 1.78. The molecular weight excluding hydrogens is 425 g/mol. The Bertz CT molecular complexity index is 1130. The Morgan fingerprint density at radius 2 is 1.84 bits per heavy atom. The third-order valence-electron chi connectivity index (χ3n) is 4.06. The summed E-state index contributed by atoms with van der Waals surface area (Å²) >= 11 is 0. The van der Waals surface area contributed by atoms with Crippen LogP contribution in [0.4, 0.5) is 24.8 Å². The Kier molecular flexibility index (Phi) is 6.78. The van der Waals surface area contributed by atoms with Crippen LogP contribution in [0.1, 0.15) is 15.9 Å². The largest absolute Gasteiger partial charge is 0.497 e. The number of amides is 1. The van der Waals surface area contributed by atoms with Gasteiger partial charge in [-0.05, 0) is 54.6 Å². The third kappa shape index (κ3) is 5.88. The second-order valence-electron chi connectivity index (χ2n) is 6.30. The monoisotopic (exact) mass is 442 g/mol. The van der Waals surface area contributed by atoms with E-state index in [0.29, 0.717) is 23.0 Å². The van der Waals surface area contributed by atoms with Gasteiger partial charge in [-0.3, -0.25) is 9.78 Å². The van der Waals surface area contributed by atoms with Crippen LogP contribution in [0.25, 0.3) is 5.70 Å². The molecule has 0 saturated carbocycles. The van der Waals surface area contributed by atoms with E-state index in [-0.39, 0.29) is 17.3 Å². The fourth-order valence-corrected chi connectivity index (χ4v) is 2.45. The number of alkyl halides is 3. The van der Waals surface area contributed by atoms with Crippen molar-refractivity contribution in [1.82, 2.24) is 15.2 Å². The molecule has 32 heavy (non-hydrogen) atoms. The van der Waals surface area contributed by atoms with Crippen molar-refractivity contribution >= 4 is 29.0 Å². The lowest BCUT2D eigenvalue weighted by atomic mass is 10.2. The molecule has 0 radical (unpaired) electrons. The first-order chi connectivity index (χ1) is 15.3. The summed E-state index contributed by atoms with van der Waals surface area (Å²) < 4.78 is 45.3. The maximum atomic E-state index is 13.4.